The number of likely N-dealkylation sites (N-methyl/N-ethyl adjacent to an activating group) is 1. The fraction of sp³-hybridized carbons (Fsp3) is 0.294. The largest absolute Gasteiger partial charge is 0.460 e. The molecule has 6 nitrogen and oxygen atoms in total. The van der Waals surface area contributed by atoms with Gasteiger partial charge in [0.05, 0.1) is 19.7 Å². The number of amides is 2. The molecule has 1 heterocycles. The Kier molecular flexibility index (Phi) is 6.16. The smallest absolute Gasteiger partial charge is 0.413 e. The first-order valence-electron chi connectivity index (χ1n) is 7.34. The SMILES string of the molecule is COC(=O)NC(=O)[C@@H](C)N(C)Cc1ccc(-c2ccc(Br)cc2)o1. The van der Waals surface area contributed by atoms with Gasteiger partial charge >= 0.3 is 6.09 Å². The first kappa shape index (κ1) is 18.2. The van der Waals surface area contributed by atoms with Crippen molar-refractivity contribution in [1.29, 1.82) is 0 Å². The monoisotopic (exact) mass is 394 g/mol. The number of imide groups is 1. The van der Waals surface area contributed by atoms with Crippen molar-refractivity contribution >= 4 is 27.9 Å². The first-order valence-corrected chi connectivity index (χ1v) is 8.13. The third-order valence-electron chi connectivity index (χ3n) is 3.65. The van der Waals surface area contributed by atoms with Crippen molar-refractivity contribution in [2.45, 2.75) is 19.5 Å². The van der Waals surface area contributed by atoms with Crippen LogP contribution in [0.3, 0.4) is 0 Å². The quantitative estimate of drug-likeness (QED) is 0.840. The number of ether oxygens (including phenoxy) is 1. The second-order valence-electron chi connectivity index (χ2n) is 5.34. The van der Waals surface area contributed by atoms with E-state index in [2.05, 4.69) is 26.0 Å². The van der Waals surface area contributed by atoms with Crippen LogP contribution in [0.1, 0.15) is 12.7 Å². The van der Waals surface area contributed by atoms with E-state index in [9.17, 15) is 9.59 Å². The zero-order valence-electron chi connectivity index (χ0n) is 13.7. The van der Waals surface area contributed by atoms with Gasteiger partial charge in [-0.2, -0.15) is 0 Å². The molecule has 128 valence electrons. The molecule has 0 aliphatic rings. The van der Waals surface area contributed by atoms with Crippen molar-refractivity contribution in [3.63, 3.8) is 0 Å². The topological polar surface area (TPSA) is 71.8 Å². The molecule has 1 atom stereocenters. The first-order chi connectivity index (χ1) is 11.4. The number of halogens is 1. The molecule has 2 rings (SSSR count). The van der Waals surface area contributed by atoms with Crippen molar-refractivity contribution < 1.29 is 18.7 Å². The van der Waals surface area contributed by atoms with Gasteiger partial charge in [-0.15, -0.1) is 0 Å². The number of benzene rings is 1. The summed E-state index contributed by atoms with van der Waals surface area (Å²) in [6.45, 7) is 2.14. The number of hydrogen-bond acceptors (Lipinski definition) is 5. The molecular weight excluding hydrogens is 376 g/mol. The van der Waals surface area contributed by atoms with Gasteiger partial charge in [-0.3, -0.25) is 15.0 Å². The van der Waals surface area contributed by atoms with Crippen molar-refractivity contribution in [3.05, 3.63) is 46.6 Å². The Balaban J connectivity index is 1.99. The Labute approximate surface area is 148 Å². The summed E-state index contributed by atoms with van der Waals surface area (Å²) in [5.74, 6) is 1.06. The highest BCUT2D eigenvalue weighted by Crippen LogP contribution is 2.24. The van der Waals surface area contributed by atoms with Gasteiger partial charge in [-0.25, -0.2) is 4.79 Å². The van der Waals surface area contributed by atoms with Crippen LogP contribution >= 0.6 is 15.9 Å². The van der Waals surface area contributed by atoms with Crippen molar-refractivity contribution in [2.24, 2.45) is 0 Å². The predicted octanol–water partition coefficient (Wildman–Crippen LogP) is 3.41. The highest BCUT2D eigenvalue weighted by Gasteiger charge is 2.21. The second-order valence-corrected chi connectivity index (χ2v) is 6.26. The number of alkyl carbamates (subject to hydrolysis) is 1. The summed E-state index contributed by atoms with van der Waals surface area (Å²) in [5, 5.41) is 2.16. The Morgan fingerprint density at radius 1 is 1.25 bits per heavy atom. The van der Waals surface area contributed by atoms with E-state index in [0.717, 1.165) is 21.6 Å². The van der Waals surface area contributed by atoms with E-state index < -0.39 is 18.0 Å². The van der Waals surface area contributed by atoms with E-state index in [0.29, 0.717) is 6.54 Å². The summed E-state index contributed by atoms with van der Waals surface area (Å²) in [4.78, 5) is 24.8. The maximum Gasteiger partial charge on any atom is 0.413 e. The molecular formula is C17H19BrN2O4. The van der Waals surface area contributed by atoms with E-state index >= 15 is 0 Å². The Hall–Kier alpha value is -2.12. The number of nitrogens with one attached hydrogen (secondary N) is 1. The maximum atomic E-state index is 11.9. The Morgan fingerprint density at radius 2 is 1.92 bits per heavy atom. The van der Waals surface area contributed by atoms with Crippen LogP contribution in [-0.2, 0) is 16.1 Å². The van der Waals surface area contributed by atoms with Gasteiger partial charge in [-0.1, -0.05) is 28.1 Å². The molecule has 1 aromatic carbocycles. The Morgan fingerprint density at radius 3 is 2.54 bits per heavy atom. The van der Waals surface area contributed by atoms with Crippen LogP contribution in [0.15, 0.2) is 45.3 Å². The number of rotatable bonds is 5. The van der Waals surface area contributed by atoms with E-state index in [4.69, 9.17) is 4.42 Å². The van der Waals surface area contributed by atoms with Gasteiger partial charge in [0, 0.05) is 10.0 Å². The lowest BCUT2D eigenvalue weighted by molar-refractivity contribution is -0.124. The van der Waals surface area contributed by atoms with E-state index in [-0.39, 0.29) is 0 Å². The molecule has 0 saturated heterocycles. The number of carbonyl (C=O) groups is 2. The summed E-state index contributed by atoms with van der Waals surface area (Å²) in [6.07, 6.45) is -0.768. The van der Waals surface area contributed by atoms with Crippen LogP contribution in [0.4, 0.5) is 4.79 Å². The van der Waals surface area contributed by atoms with Gasteiger partial charge in [0.1, 0.15) is 11.5 Å². The van der Waals surface area contributed by atoms with Crippen LogP contribution in [0.2, 0.25) is 0 Å². The molecule has 0 saturated carbocycles. The maximum absolute atomic E-state index is 11.9. The molecule has 1 N–H and O–H groups in total. The molecule has 24 heavy (non-hydrogen) atoms. The molecule has 2 aromatic rings. The van der Waals surface area contributed by atoms with Crippen LogP contribution in [0.5, 0.6) is 0 Å². The van der Waals surface area contributed by atoms with Gasteiger partial charge in [-0.05, 0) is 38.2 Å². The standard InChI is InChI=1S/C17H19BrN2O4/c1-11(16(21)19-17(22)23-3)20(2)10-14-8-9-15(24-14)12-4-6-13(18)7-5-12/h4-9,11H,10H2,1-3H3,(H,19,21,22)/t11-/m1/s1. The van der Waals surface area contributed by atoms with Crippen LogP contribution in [0.25, 0.3) is 11.3 Å². The minimum absolute atomic E-state index is 0.427. The zero-order chi connectivity index (χ0) is 17.7. The average Bonchev–Trinajstić information content (AvgIpc) is 3.02. The molecule has 2 amide bonds. The molecule has 0 bridgehead atoms. The number of nitrogens with zero attached hydrogens (tertiary/aromatic N) is 1. The fourth-order valence-corrected chi connectivity index (χ4v) is 2.34. The lowest BCUT2D eigenvalue weighted by Crippen LogP contribution is -2.45. The van der Waals surface area contributed by atoms with Gasteiger partial charge < -0.3 is 9.15 Å². The Bertz CT molecular complexity index is 712. The van der Waals surface area contributed by atoms with E-state index in [1.165, 1.54) is 7.11 Å². The van der Waals surface area contributed by atoms with Crippen molar-refractivity contribution in [3.8, 4) is 11.3 Å². The summed E-state index contributed by atoms with van der Waals surface area (Å²) in [7, 11) is 2.99. The molecule has 0 unspecified atom stereocenters. The van der Waals surface area contributed by atoms with Crippen molar-refractivity contribution in [1.82, 2.24) is 10.2 Å². The molecule has 1 aromatic heterocycles. The summed E-state index contributed by atoms with van der Waals surface area (Å²) < 4.78 is 11.3. The number of hydrogen-bond donors (Lipinski definition) is 1. The molecule has 0 fully saturated rings. The normalized spacial score (nSPS) is 12.0. The average molecular weight is 395 g/mol. The van der Waals surface area contributed by atoms with Crippen LogP contribution < -0.4 is 5.32 Å². The third-order valence-corrected chi connectivity index (χ3v) is 4.18. The lowest BCUT2D eigenvalue weighted by Gasteiger charge is -2.22. The highest BCUT2D eigenvalue weighted by atomic mass is 79.9. The third kappa shape index (κ3) is 4.69. The number of methoxy groups -OCH3 is 1. The molecule has 0 radical (unpaired) electrons. The van der Waals surface area contributed by atoms with Crippen LogP contribution in [-0.4, -0.2) is 37.1 Å². The fourth-order valence-electron chi connectivity index (χ4n) is 2.07. The predicted molar refractivity (Wildman–Crippen MR) is 93.3 cm³/mol. The minimum atomic E-state index is -0.768. The highest BCUT2D eigenvalue weighted by molar-refractivity contribution is 9.10. The zero-order valence-corrected chi connectivity index (χ0v) is 15.3. The van der Waals surface area contributed by atoms with E-state index in [1.807, 2.05) is 36.4 Å². The van der Waals surface area contributed by atoms with Gasteiger partial charge in [0.2, 0.25) is 5.91 Å². The van der Waals surface area contributed by atoms with Gasteiger partial charge in [0.25, 0.3) is 0 Å². The molecule has 7 heteroatoms. The molecule has 0 aliphatic heterocycles. The second kappa shape index (κ2) is 8.12. The van der Waals surface area contributed by atoms with Crippen LogP contribution in [0, 0.1) is 0 Å². The minimum Gasteiger partial charge on any atom is -0.460 e. The van der Waals surface area contributed by atoms with Crippen molar-refractivity contribution in [2.75, 3.05) is 14.2 Å². The lowest BCUT2D eigenvalue weighted by atomic mass is 10.2. The summed E-state index contributed by atoms with van der Waals surface area (Å²) in [5.41, 5.74) is 0.976. The number of furan rings is 1. The number of carbonyl (C=O) groups excluding carboxylic acids is 2. The van der Waals surface area contributed by atoms with Gasteiger partial charge in [0.15, 0.2) is 0 Å². The van der Waals surface area contributed by atoms with E-state index in [1.54, 1.807) is 18.9 Å². The summed E-state index contributed by atoms with van der Waals surface area (Å²) >= 11 is 3.40. The molecule has 0 aliphatic carbocycles. The molecule has 0 spiro atoms. The summed E-state index contributed by atoms with van der Waals surface area (Å²) in [6, 6.07) is 11.1.